The predicted molar refractivity (Wildman–Crippen MR) is 49.0 cm³/mol. The van der Waals surface area contributed by atoms with Crippen molar-refractivity contribution in [1.29, 1.82) is 0 Å². The van der Waals surface area contributed by atoms with Crippen LogP contribution in [0.3, 0.4) is 0 Å². The van der Waals surface area contributed by atoms with E-state index in [4.69, 9.17) is 13.3 Å². The van der Waals surface area contributed by atoms with Gasteiger partial charge in [-0.1, -0.05) is 0 Å². The van der Waals surface area contributed by atoms with Gasteiger partial charge in [0.05, 0.1) is 0 Å². The van der Waals surface area contributed by atoms with Crippen molar-refractivity contribution in [2.45, 2.75) is 13.0 Å². The molecule has 5 heteroatoms. The second kappa shape index (κ2) is 2.17. The summed E-state index contributed by atoms with van der Waals surface area (Å²) >= 11 is 0. The molecule has 0 radical (unpaired) electrons. The van der Waals surface area contributed by atoms with Gasteiger partial charge in [0.15, 0.2) is 0 Å². The normalized spacial score (nSPS) is 47.9. The maximum absolute atomic E-state index is 6.00. The van der Waals surface area contributed by atoms with Crippen LogP contribution in [-0.4, -0.2) is 51.8 Å². The monoisotopic (exact) mass is 203 g/mol. The Balaban J connectivity index is 2.16. The fraction of sp³-hybridized carbons (Fsp3) is 1.00. The van der Waals surface area contributed by atoms with Gasteiger partial charge >= 0.3 is 78.1 Å². The summed E-state index contributed by atoms with van der Waals surface area (Å²) in [5, 5.41) is 0. The van der Waals surface area contributed by atoms with Crippen LogP contribution in [0.1, 0.15) is 6.92 Å². The summed E-state index contributed by atoms with van der Waals surface area (Å²) in [4.78, 5) is 0. The number of hydrogen-bond donors (Lipinski definition) is 0. The molecule has 0 N–H and O–H groups in total. The first-order valence-electron chi connectivity index (χ1n) is 5.21. The molecule has 3 aliphatic heterocycles. The third kappa shape index (κ3) is 0.658. The molecular weight excluding hydrogens is 186 g/mol. The molecule has 76 valence electrons. The van der Waals surface area contributed by atoms with E-state index in [1.54, 1.807) is 0 Å². The Morgan fingerprint density at radius 1 is 1.00 bits per heavy atom. The van der Waals surface area contributed by atoms with Crippen LogP contribution in [-0.2, 0) is 13.3 Å². The van der Waals surface area contributed by atoms with Gasteiger partial charge in [0, 0.05) is 0 Å². The summed E-state index contributed by atoms with van der Waals surface area (Å²) in [5.41, 5.74) is 0. The third-order valence-corrected chi connectivity index (χ3v) is 10.2. The molecule has 0 aromatic heterocycles. The van der Waals surface area contributed by atoms with Gasteiger partial charge in [0.2, 0.25) is 0 Å². The Morgan fingerprint density at radius 3 is 1.77 bits per heavy atom. The van der Waals surface area contributed by atoms with Crippen molar-refractivity contribution in [3.05, 3.63) is 0 Å². The number of quaternary nitrogens is 1. The number of rotatable bonds is 1. The Kier molecular flexibility index (Phi) is 1.40. The van der Waals surface area contributed by atoms with Crippen LogP contribution in [0.4, 0.5) is 0 Å². The van der Waals surface area contributed by atoms with E-state index in [-0.39, 0.29) is 0 Å². The van der Waals surface area contributed by atoms with Gasteiger partial charge in [-0.25, -0.2) is 0 Å². The SMILES string of the molecule is CC[Si-]123OCC[N+]1(CCO2)CCO3. The zero-order chi connectivity index (χ0) is 9.02. The Labute approximate surface area is 78.8 Å². The van der Waals surface area contributed by atoms with Crippen LogP contribution in [0.15, 0.2) is 0 Å². The summed E-state index contributed by atoms with van der Waals surface area (Å²) < 4.78 is 19.0. The van der Waals surface area contributed by atoms with Gasteiger partial charge in [-0.3, -0.25) is 0 Å². The molecule has 4 nitrogen and oxygen atoms in total. The van der Waals surface area contributed by atoms with Crippen molar-refractivity contribution >= 4 is 8.24 Å². The van der Waals surface area contributed by atoms with E-state index in [2.05, 4.69) is 6.92 Å². The average molecular weight is 203 g/mol. The molecule has 3 fully saturated rings. The molecule has 0 spiro atoms. The van der Waals surface area contributed by atoms with Crippen LogP contribution in [0.2, 0.25) is 6.04 Å². The molecule has 0 aromatic carbocycles. The molecule has 0 atom stereocenters. The number of nitrogens with zero attached hydrogens (tertiary/aromatic N) is 1. The van der Waals surface area contributed by atoms with Gasteiger partial charge in [0.1, 0.15) is 0 Å². The van der Waals surface area contributed by atoms with Crippen molar-refractivity contribution in [3.8, 4) is 0 Å². The zero-order valence-corrected chi connectivity index (χ0v) is 9.12. The van der Waals surface area contributed by atoms with E-state index in [0.717, 1.165) is 49.6 Å². The molecule has 13 heavy (non-hydrogen) atoms. The quantitative estimate of drug-likeness (QED) is 0.574. The van der Waals surface area contributed by atoms with Crippen molar-refractivity contribution in [2.24, 2.45) is 0 Å². The molecule has 3 heterocycles. The molecule has 3 saturated heterocycles. The summed E-state index contributed by atoms with van der Waals surface area (Å²) in [6.07, 6.45) is 0. The topological polar surface area (TPSA) is 27.7 Å². The molecule has 3 aliphatic rings. The second-order valence-corrected chi connectivity index (χ2v) is 9.08. The third-order valence-electron chi connectivity index (χ3n) is 4.23. The molecule has 0 saturated carbocycles. The van der Waals surface area contributed by atoms with E-state index in [1.165, 1.54) is 0 Å². The maximum atomic E-state index is 6.00. The minimum atomic E-state index is -2.92. The van der Waals surface area contributed by atoms with Gasteiger partial charge in [-0.05, 0) is 0 Å². The van der Waals surface area contributed by atoms with E-state index >= 15 is 0 Å². The van der Waals surface area contributed by atoms with Gasteiger partial charge in [-0.2, -0.15) is 0 Å². The van der Waals surface area contributed by atoms with E-state index in [1.807, 2.05) is 0 Å². The van der Waals surface area contributed by atoms with Crippen molar-refractivity contribution in [1.82, 2.24) is 0 Å². The predicted octanol–water partition coefficient (Wildman–Crippen LogP) is 0.303. The number of hydrogen-bond acceptors (Lipinski definition) is 3. The fourth-order valence-electron chi connectivity index (χ4n) is 3.43. The summed E-state index contributed by atoms with van der Waals surface area (Å²) in [7, 11) is -2.92. The van der Waals surface area contributed by atoms with Crippen LogP contribution in [0.5, 0.6) is 0 Å². The summed E-state index contributed by atoms with van der Waals surface area (Å²) in [6.45, 7) is 8.00. The van der Waals surface area contributed by atoms with Crippen LogP contribution < -0.4 is 0 Å². The van der Waals surface area contributed by atoms with Crippen LogP contribution in [0, 0.1) is 0 Å². The molecule has 0 aromatic rings. The van der Waals surface area contributed by atoms with Gasteiger partial charge in [0.25, 0.3) is 0 Å². The average Bonchev–Trinajstić information content (AvgIpc) is 2.60. The molecule has 0 amide bonds. The summed E-state index contributed by atoms with van der Waals surface area (Å²) in [6, 6.07) is 0.944. The van der Waals surface area contributed by atoms with E-state index in [9.17, 15) is 0 Å². The molecule has 0 bridgehead atoms. The first-order chi connectivity index (χ1) is 6.26. The van der Waals surface area contributed by atoms with Gasteiger partial charge < -0.3 is 0 Å². The second-order valence-electron chi connectivity index (χ2n) is 4.33. The van der Waals surface area contributed by atoms with Crippen molar-refractivity contribution < 1.29 is 17.4 Å². The molecule has 0 unspecified atom stereocenters. The Bertz CT molecular complexity index is 226. The standard InChI is InChI=1S/C8H17NO3Si/c1-2-13-9(3-6-10-13,4-7-11-13)5-8-12-13/h2-8H2,1H3. The first-order valence-corrected chi connectivity index (χ1v) is 7.59. The molecule has 0 aliphatic carbocycles. The Morgan fingerprint density at radius 2 is 1.46 bits per heavy atom. The van der Waals surface area contributed by atoms with Crippen LogP contribution >= 0.6 is 0 Å². The van der Waals surface area contributed by atoms with Gasteiger partial charge in [-0.15, -0.1) is 0 Å². The Hall–Kier alpha value is 0.0569. The van der Waals surface area contributed by atoms with Crippen molar-refractivity contribution in [2.75, 3.05) is 39.5 Å². The van der Waals surface area contributed by atoms with E-state index < -0.39 is 8.24 Å². The van der Waals surface area contributed by atoms with Crippen LogP contribution in [0.25, 0.3) is 0 Å². The van der Waals surface area contributed by atoms with Crippen molar-refractivity contribution in [3.63, 3.8) is 0 Å². The van der Waals surface area contributed by atoms with E-state index in [0.29, 0.717) is 0 Å². The zero-order valence-electron chi connectivity index (χ0n) is 8.12. The fourth-order valence-corrected chi connectivity index (χ4v) is 8.83. The molecule has 3 rings (SSSR count). The summed E-state index contributed by atoms with van der Waals surface area (Å²) in [5.74, 6) is 0. The molecular formula is C8H17NO3Si. The first kappa shape index (κ1) is 8.37. The minimum absolute atomic E-state index is 0.835.